The number of methoxy groups -OCH3 is 1. The minimum atomic E-state index is -0.266. The zero-order valence-electron chi connectivity index (χ0n) is 13.8. The molecule has 4 heteroatoms. The molecule has 4 nitrogen and oxygen atoms in total. The molecule has 0 aromatic carbocycles. The first-order valence-corrected chi connectivity index (χ1v) is 7.89. The average Bonchev–Trinajstić information content (AvgIpc) is 2.50. The van der Waals surface area contributed by atoms with Gasteiger partial charge in [-0.05, 0) is 31.1 Å². The lowest BCUT2D eigenvalue weighted by Gasteiger charge is -2.53. The third kappa shape index (κ3) is 3.49. The quantitative estimate of drug-likeness (QED) is 0.591. The summed E-state index contributed by atoms with van der Waals surface area (Å²) < 4.78 is 10.4. The van der Waals surface area contributed by atoms with Gasteiger partial charge in [0, 0.05) is 31.4 Å². The van der Waals surface area contributed by atoms with Crippen LogP contribution in [0.1, 0.15) is 39.5 Å². The molecule has 0 unspecified atom stereocenters. The van der Waals surface area contributed by atoms with Gasteiger partial charge in [0.25, 0.3) is 0 Å². The van der Waals surface area contributed by atoms with Gasteiger partial charge in [-0.3, -0.25) is 9.59 Å². The molecular formula is C18H26O4. The molecule has 1 saturated carbocycles. The second kappa shape index (κ2) is 6.78. The van der Waals surface area contributed by atoms with Gasteiger partial charge in [0.1, 0.15) is 0 Å². The number of ether oxygens (including phenoxy) is 2. The molecule has 122 valence electrons. The van der Waals surface area contributed by atoms with Crippen LogP contribution in [0.4, 0.5) is 0 Å². The van der Waals surface area contributed by atoms with E-state index in [1.54, 1.807) is 7.11 Å². The van der Waals surface area contributed by atoms with Crippen molar-refractivity contribution in [1.29, 1.82) is 0 Å². The Hall–Kier alpha value is -1.42. The number of fused-ring (bicyclic) bond motifs is 1. The molecule has 3 atom stereocenters. The van der Waals surface area contributed by atoms with E-state index in [2.05, 4.69) is 13.5 Å². The summed E-state index contributed by atoms with van der Waals surface area (Å²) in [6.07, 6.45) is 5.16. The van der Waals surface area contributed by atoms with Crippen LogP contribution < -0.4 is 0 Å². The van der Waals surface area contributed by atoms with Crippen molar-refractivity contribution in [2.75, 3.05) is 20.3 Å². The van der Waals surface area contributed by atoms with Crippen molar-refractivity contribution in [1.82, 2.24) is 0 Å². The lowest BCUT2D eigenvalue weighted by molar-refractivity contribution is -0.153. The minimum absolute atomic E-state index is 0.128. The SMILES string of the molecule is C=C1CC/C=C(\COC)C(=O)C[C@@H]2[C@@H]1C[C@]2(C)COC(C)=O. The van der Waals surface area contributed by atoms with Crippen molar-refractivity contribution in [3.63, 3.8) is 0 Å². The number of carbonyl (C=O) groups is 2. The molecule has 2 aliphatic carbocycles. The Morgan fingerprint density at radius 2 is 2.23 bits per heavy atom. The van der Waals surface area contributed by atoms with E-state index in [9.17, 15) is 9.59 Å². The highest BCUT2D eigenvalue weighted by Crippen LogP contribution is 2.56. The second-order valence-corrected chi connectivity index (χ2v) is 6.84. The predicted molar refractivity (Wildman–Crippen MR) is 84.3 cm³/mol. The molecule has 0 aromatic rings. The molecule has 0 spiro atoms. The van der Waals surface area contributed by atoms with Crippen molar-refractivity contribution >= 4 is 11.8 Å². The van der Waals surface area contributed by atoms with E-state index in [0.29, 0.717) is 25.6 Å². The Bertz CT molecular complexity index is 505. The van der Waals surface area contributed by atoms with E-state index in [4.69, 9.17) is 9.47 Å². The third-order valence-corrected chi connectivity index (χ3v) is 5.12. The summed E-state index contributed by atoms with van der Waals surface area (Å²) in [5.41, 5.74) is 1.85. The van der Waals surface area contributed by atoms with Crippen molar-refractivity contribution in [2.24, 2.45) is 17.3 Å². The monoisotopic (exact) mass is 306 g/mol. The smallest absolute Gasteiger partial charge is 0.302 e. The van der Waals surface area contributed by atoms with Crippen LogP contribution in [0.15, 0.2) is 23.8 Å². The van der Waals surface area contributed by atoms with Crippen LogP contribution in [0.3, 0.4) is 0 Å². The summed E-state index contributed by atoms with van der Waals surface area (Å²) >= 11 is 0. The summed E-state index contributed by atoms with van der Waals surface area (Å²) in [6, 6.07) is 0. The fourth-order valence-corrected chi connectivity index (χ4v) is 3.73. The van der Waals surface area contributed by atoms with Crippen molar-refractivity contribution in [3.8, 4) is 0 Å². The molecule has 0 aromatic heterocycles. The molecule has 0 saturated heterocycles. The predicted octanol–water partition coefficient (Wildman–Crippen LogP) is 3.07. The van der Waals surface area contributed by atoms with Crippen LogP contribution in [0.5, 0.6) is 0 Å². The van der Waals surface area contributed by atoms with Gasteiger partial charge >= 0.3 is 5.97 Å². The van der Waals surface area contributed by atoms with Crippen LogP contribution in [-0.2, 0) is 19.1 Å². The minimum Gasteiger partial charge on any atom is -0.465 e. The molecule has 0 N–H and O–H groups in total. The van der Waals surface area contributed by atoms with Gasteiger partial charge in [-0.1, -0.05) is 25.2 Å². The standard InChI is InChI=1S/C18H26O4/c1-12-6-5-7-14(10-21-4)17(20)8-16-15(12)9-18(16,3)11-22-13(2)19/h7,15-16H,1,5-6,8-11H2,2-4H3/b14-7+/t15-,16-,18-/m1/s1. The molecule has 1 fully saturated rings. The van der Waals surface area contributed by atoms with Gasteiger partial charge in [-0.25, -0.2) is 0 Å². The first kappa shape index (κ1) is 16.9. The summed E-state index contributed by atoms with van der Waals surface area (Å²) in [6.45, 7) is 8.49. The normalized spacial score (nSPS) is 34.4. The summed E-state index contributed by atoms with van der Waals surface area (Å²) in [7, 11) is 1.61. The maximum atomic E-state index is 12.5. The molecule has 0 amide bonds. The zero-order valence-corrected chi connectivity index (χ0v) is 13.8. The second-order valence-electron chi connectivity index (χ2n) is 6.84. The summed E-state index contributed by atoms with van der Waals surface area (Å²) in [5.74, 6) is 0.447. The van der Waals surface area contributed by atoms with Gasteiger partial charge in [-0.15, -0.1) is 0 Å². The van der Waals surface area contributed by atoms with Crippen molar-refractivity contribution in [2.45, 2.75) is 39.5 Å². The van der Waals surface area contributed by atoms with Gasteiger partial charge in [0.15, 0.2) is 5.78 Å². The first-order chi connectivity index (χ1) is 10.4. The molecule has 0 bridgehead atoms. The third-order valence-electron chi connectivity index (χ3n) is 5.12. The zero-order chi connectivity index (χ0) is 16.3. The molecule has 2 aliphatic rings. The summed E-state index contributed by atoms with van der Waals surface area (Å²) in [5, 5.41) is 0. The van der Waals surface area contributed by atoms with E-state index in [1.165, 1.54) is 12.5 Å². The number of rotatable bonds is 4. The highest BCUT2D eigenvalue weighted by atomic mass is 16.5. The molecule has 0 aliphatic heterocycles. The largest absolute Gasteiger partial charge is 0.465 e. The van der Waals surface area contributed by atoms with Gasteiger partial charge in [-0.2, -0.15) is 0 Å². The van der Waals surface area contributed by atoms with Crippen LogP contribution >= 0.6 is 0 Å². The van der Waals surface area contributed by atoms with E-state index in [0.717, 1.165) is 24.8 Å². The van der Waals surface area contributed by atoms with Crippen molar-refractivity contribution < 1.29 is 19.1 Å². The average molecular weight is 306 g/mol. The maximum Gasteiger partial charge on any atom is 0.302 e. The molecule has 22 heavy (non-hydrogen) atoms. The highest BCUT2D eigenvalue weighted by molar-refractivity contribution is 5.96. The van der Waals surface area contributed by atoms with Crippen molar-refractivity contribution in [3.05, 3.63) is 23.8 Å². The number of esters is 1. The molecule has 0 radical (unpaired) electrons. The molecule has 0 heterocycles. The maximum absolute atomic E-state index is 12.5. The first-order valence-electron chi connectivity index (χ1n) is 7.89. The lowest BCUT2D eigenvalue weighted by Crippen LogP contribution is -2.50. The Balaban J connectivity index is 2.15. The number of hydrogen-bond donors (Lipinski definition) is 0. The Morgan fingerprint density at radius 1 is 1.50 bits per heavy atom. The van der Waals surface area contributed by atoms with Gasteiger partial charge < -0.3 is 9.47 Å². The fourth-order valence-electron chi connectivity index (χ4n) is 3.73. The molecular weight excluding hydrogens is 280 g/mol. The number of allylic oxidation sites excluding steroid dienone is 2. The fraction of sp³-hybridized carbons (Fsp3) is 0.667. The number of Topliss-reactive ketones (excluding diaryl/α,β-unsaturated/α-hetero) is 1. The Kier molecular flexibility index (Phi) is 5.22. The van der Waals surface area contributed by atoms with E-state index in [-0.39, 0.29) is 23.1 Å². The van der Waals surface area contributed by atoms with Gasteiger partial charge in [0.2, 0.25) is 0 Å². The van der Waals surface area contributed by atoms with Crippen LogP contribution in [0.25, 0.3) is 0 Å². The molecule has 2 rings (SSSR count). The van der Waals surface area contributed by atoms with Crippen LogP contribution in [0, 0.1) is 17.3 Å². The van der Waals surface area contributed by atoms with Gasteiger partial charge in [0.05, 0.1) is 13.2 Å². The Morgan fingerprint density at radius 3 is 2.86 bits per heavy atom. The Labute approximate surface area is 132 Å². The summed E-state index contributed by atoms with van der Waals surface area (Å²) in [4.78, 5) is 23.6. The highest BCUT2D eigenvalue weighted by Gasteiger charge is 2.52. The topological polar surface area (TPSA) is 52.6 Å². The number of ketones is 1. The number of hydrogen-bond acceptors (Lipinski definition) is 4. The van der Waals surface area contributed by atoms with Crippen LogP contribution in [-0.4, -0.2) is 32.1 Å². The van der Waals surface area contributed by atoms with E-state index >= 15 is 0 Å². The lowest BCUT2D eigenvalue weighted by atomic mass is 9.51. The van der Waals surface area contributed by atoms with E-state index < -0.39 is 0 Å². The van der Waals surface area contributed by atoms with Crippen LogP contribution in [0.2, 0.25) is 0 Å². The number of carbonyl (C=O) groups excluding carboxylic acids is 2. The van der Waals surface area contributed by atoms with E-state index in [1.807, 2.05) is 6.08 Å².